The topological polar surface area (TPSA) is 30.7 Å². The maximum atomic E-state index is 4.82. The van der Waals surface area contributed by atoms with E-state index in [4.69, 9.17) is 4.98 Å². The van der Waals surface area contributed by atoms with Gasteiger partial charge < -0.3 is 4.57 Å². The monoisotopic (exact) mass is 573 g/mol. The zero-order valence-corrected chi connectivity index (χ0v) is 24.4. The van der Waals surface area contributed by atoms with Gasteiger partial charge in [0.15, 0.2) is 0 Å². The van der Waals surface area contributed by atoms with E-state index in [0.717, 1.165) is 28.1 Å². The molecular formula is C42H27N3. The van der Waals surface area contributed by atoms with Crippen LogP contribution in [0.15, 0.2) is 164 Å². The summed E-state index contributed by atoms with van der Waals surface area (Å²) < 4.78 is 2.43. The maximum absolute atomic E-state index is 4.82. The second-order valence-electron chi connectivity index (χ2n) is 11.5. The van der Waals surface area contributed by atoms with Gasteiger partial charge in [-0.2, -0.15) is 0 Å². The van der Waals surface area contributed by atoms with Crippen molar-refractivity contribution in [3.05, 3.63) is 164 Å². The quantitative estimate of drug-likeness (QED) is 0.210. The largest absolute Gasteiger partial charge is 0.309 e. The summed E-state index contributed by atoms with van der Waals surface area (Å²) in [5.74, 6) is 0. The molecule has 45 heavy (non-hydrogen) atoms. The first-order valence-electron chi connectivity index (χ1n) is 15.2. The molecule has 0 fully saturated rings. The van der Waals surface area contributed by atoms with Crippen LogP contribution in [-0.2, 0) is 0 Å². The number of rotatable bonds is 4. The molecule has 0 atom stereocenters. The highest BCUT2D eigenvalue weighted by atomic mass is 15.0. The Labute approximate surface area is 260 Å². The molecule has 0 N–H and O–H groups in total. The first kappa shape index (κ1) is 25.4. The van der Waals surface area contributed by atoms with Gasteiger partial charge in [-0.3, -0.25) is 9.97 Å². The molecule has 9 aromatic rings. The molecule has 0 spiro atoms. The van der Waals surface area contributed by atoms with Crippen molar-refractivity contribution in [2.45, 2.75) is 0 Å². The van der Waals surface area contributed by atoms with Gasteiger partial charge in [-0.1, -0.05) is 103 Å². The molecule has 3 aromatic heterocycles. The van der Waals surface area contributed by atoms with E-state index in [1.165, 1.54) is 54.5 Å². The Morgan fingerprint density at radius 3 is 1.96 bits per heavy atom. The first-order chi connectivity index (χ1) is 22.3. The van der Waals surface area contributed by atoms with Crippen molar-refractivity contribution in [3.63, 3.8) is 0 Å². The molecule has 3 heteroatoms. The van der Waals surface area contributed by atoms with Gasteiger partial charge in [0.25, 0.3) is 0 Å². The number of hydrogen-bond acceptors (Lipinski definition) is 2. The first-order valence-corrected chi connectivity index (χ1v) is 15.2. The average Bonchev–Trinajstić information content (AvgIpc) is 3.46. The lowest BCUT2D eigenvalue weighted by atomic mass is 9.99. The Hall–Kier alpha value is -6.06. The molecule has 0 saturated heterocycles. The Bertz CT molecular complexity index is 2510. The Kier molecular flexibility index (Phi) is 5.82. The van der Waals surface area contributed by atoms with Crippen molar-refractivity contribution in [1.29, 1.82) is 0 Å². The fourth-order valence-corrected chi connectivity index (χ4v) is 6.66. The summed E-state index contributed by atoms with van der Waals surface area (Å²) in [6.07, 6.45) is 5.59. The molecule has 0 aliphatic rings. The van der Waals surface area contributed by atoms with E-state index in [1.54, 1.807) is 6.20 Å². The van der Waals surface area contributed by atoms with E-state index < -0.39 is 0 Å². The zero-order valence-electron chi connectivity index (χ0n) is 24.4. The number of pyridine rings is 2. The average molecular weight is 574 g/mol. The SMILES string of the molecule is c1ccc(-n2c3cc(-c4ccc5ccccc5c4)ccc3c3ccc4cc(-c5ccc(-c6cccnc6)cn5)ccc4c32)cc1. The molecule has 9 rings (SSSR count). The van der Waals surface area contributed by atoms with E-state index in [1.807, 2.05) is 18.5 Å². The van der Waals surface area contributed by atoms with Crippen LogP contribution in [0.3, 0.4) is 0 Å². The summed E-state index contributed by atoms with van der Waals surface area (Å²) in [4.78, 5) is 9.07. The van der Waals surface area contributed by atoms with Gasteiger partial charge in [-0.05, 0) is 69.8 Å². The molecule has 210 valence electrons. The van der Waals surface area contributed by atoms with Crippen LogP contribution in [0.25, 0.3) is 82.5 Å². The van der Waals surface area contributed by atoms with Crippen LogP contribution in [0.4, 0.5) is 0 Å². The van der Waals surface area contributed by atoms with Crippen LogP contribution in [0.1, 0.15) is 0 Å². The fraction of sp³-hybridized carbons (Fsp3) is 0. The molecule has 0 saturated carbocycles. The number of benzene rings is 6. The van der Waals surface area contributed by atoms with E-state index in [9.17, 15) is 0 Å². The van der Waals surface area contributed by atoms with Gasteiger partial charge in [0.2, 0.25) is 0 Å². The molecule has 0 bridgehead atoms. The van der Waals surface area contributed by atoms with Crippen LogP contribution in [-0.4, -0.2) is 14.5 Å². The normalized spacial score (nSPS) is 11.6. The predicted molar refractivity (Wildman–Crippen MR) is 188 cm³/mol. The third kappa shape index (κ3) is 4.29. The molecule has 0 aliphatic carbocycles. The van der Waals surface area contributed by atoms with Gasteiger partial charge in [0.1, 0.15) is 0 Å². The number of fused-ring (bicyclic) bond motifs is 6. The smallest absolute Gasteiger partial charge is 0.0702 e. The lowest BCUT2D eigenvalue weighted by Gasteiger charge is -2.11. The van der Waals surface area contributed by atoms with E-state index >= 15 is 0 Å². The summed E-state index contributed by atoms with van der Waals surface area (Å²) in [5, 5.41) is 7.41. The van der Waals surface area contributed by atoms with E-state index in [0.29, 0.717) is 0 Å². The van der Waals surface area contributed by atoms with Gasteiger partial charge >= 0.3 is 0 Å². The summed E-state index contributed by atoms with van der Waals surface area (Å²) in [6, 6.07) is 52.3. The lowest BCUT2D eigenvalue weighted by Crippen LogP contribution is -1.94. The molecule has 6 aromatic carbocycles. The van der Waals surface area contributed by atoms with Crippen LogP contribution in [0.5, 0.6) is 0 Å². The van der Waals surface area contributed by atoms with Crippen LogP contribution in [0.2, 0.25) is 0 Å². The number of nitrogens with zero attached hydrogens (tertiary/aromatic N) is 3. The molecule has 3 nitrogen and oxygen atoms in total. The zero-order chi connectivity index (χ0) is 29.7. The van der Waals surface area contributed by atoms with Gasteiger partial charge in [0, 0.05) is 57.1 Å². The standard InChI is InChI=1S/C42H27N3/c1-2-10-36(11-3-1)45-41-25-31(30-13-12-28-7-4-5-8-29(28)23-30)14-19-38(41)39-20-15-32-24-33(16-18-37(32)42(39)45)40-21-17-35(27-44-40)34-9-6-22-43-26-34/h1-27H. The van der Waals surface area contributed by atoms with Crippen molar-refractivity contribution in [2.24, 2.45) is 0 Å². The van der Waals surface area contributed by atoms with Crippen LogP contribution >= 0.6 is 0 Å². The predicted octanol–water partition coefficient (Wildman–Crippen LogP) is 10.9. The van der Waals surface area contributed by atoms with Crippen molar-refractivity contribution in [2.75, 3.05) is 0 Å². The summed E-state index contributed by atoms with van der Waals surface area (Å²) in [7, 11) is 0. The Balaban J connectivity index is 1.22. The summed E-state index contributed by atoms with van der Waals surface area (Å²) >= 11 is 0. The second-order valence-corrected chi connectivity index (χ2v) is 11.5. The third-order valence-corrected chi connectivity index (χ3v) is 8.90. The maximum Gasteiger partial charge on any atom is 0.0702 e. The minimum atomic E-state index is 0.952. The van der Waals surface area contributed by atoms with Crippen molar-refractivity contribution in [3.8, 4) is 39.2 Å². The molecular weight excluding hydrogens is 546 g/mol. The Morgan fingerprint density at radius 1 is 0.422 bits per heavy atom. The number of aromatic nitrogens is 3. The van der Waals surface area contributed by atoms with E-state index in [2.05, 4.69) is 149 Å². The molecule has 0 radical (unpaired) electrons. The molecule has 0 amide bonds. The highest BCUT2D eigenvalue weighted by molar-refractivity contribution is 6.19. The van der Waals surface area contributed by atoms with Gasteiger partial charge in [-0.15, -0.1) is 0 Å². The minimum absolute atomic E-state index is 0.952. The van der Waals surface area contributed by atoms with Crippen molar-refractivity contribution in [1.82, 2.24) is 14.5 Å². The molecule has 0 unspecified atom stereocenters. The fourth-order valence-electron chi connectivity index (χ4n) is 6.66. The summed E-state index contributed by atoms with van der Waals surface area (Å²) in [5.41, 5.74) is 10.2. The minimum Gasteiger partial charge on any atom is -0.309 e. The Morgan fingerprint density at radius 2 is 1.11 bits per heavy atom. The third-order valence-electron chi connectivity index (χ3n) is 8.90. The van der Waals surface area contributed by atoms with Crippen molar-refractivity contribution < 1.29 is 0 Å². The number of hydrogen-bond donors (Lipinski definition) is 0. The summed E-state index contributed by atoms with van der Waals surface area (Å²) in [6.45, 7) is 0. The van der Waals surface area contributed by atoms with Crippen LogP contribution < -0.4 is 0 Å². The van der Waals surface area contributed by atoms with Crippen molar-refractivity contribution >= 4 is 43.4 Å². The van der Waals surface area contributed by atoms with E-state index in [-0.39, 0.29) is 0 Å². The molecule has 0 aliphatic heterocycles. The number of para-hydroxylation sites is 1. The van der Waals surface area contributed by atoms with Gasteiger partial charge in [-0.25, -0.2) is 0 Å². The highest BCUT2D eigenvalue weighted by Gasteiger charge is 2.17. The molecule has 3 heterocycles. The van der Waals surface area contributed by atoms with Gasteiger partial charge in [0.05, 0.1) is 16.7 Å². The highest BCUT2D eigenvalue weighted by Crippen LogP contribution is 2.39. The lowest BCUT2D eigenvalue weighted by molar-refractivity contribution is 1.19. The van der Waals surface area contributed by atoms with Crippen LogP contribution in [0, 0.1) is 0 Å². The second kappa shape index (κ2) is 10.3.